The highest BCUT2D eigenvalue weighted by molar-refractivity contribution is 5.91. The summed E-state index contributed by atoms with van der Waals surface area (Å²) in [5.74, 6) is 0.791. The van der Waals surface area contributed by atoms with E-state index in [-0.39, 0.29) is 35.5 Å². The second-order valence-corrected chi connectivity index (χ2v) is 11.6. The summed E-state index contributed by atoms with van der Waals surface area (Å²) in [5.41, 5.74) is 1.22. The number of aliphatic hydroxyl groups excluding tert-OH is 1. The molecule has 0 spiro atoms. The van der Waals surface area contributed by atoms with E-state index in [0.717, 1.165) is 16.7 Å². The molecule has 2 aromatic heterocycles. The predicted molar refractivity (Wildman–Crippen MR) is 174 cm³/mol. The summed E-state index contributed by atoms with van der Waals surface area (Å²) in [7, 11) is 3.23. The van der Waals surface area contributed by atoms with Crippen LogP contribution in [0.4, 0.5) is 5.95 Å². The molecule has 3 N–H and O–H groups in total. The van der Waals surface area contributed by atoms with Gasteiger partial charge in [-0.05, 0) is 41.0 Å². The molecular weight excluding hydrogens is 602 g/mol. The van der Waals surface area contributed by atoms with Crippen molar-refractivity contribution in [2.24, 2.45) is 5.92 Å². The van der Waals surface area contributed by atoms with E-state index in [4.69, 9.17) is 18.9 Å². The lowest BCUT2D eigenvalue weighted by Crippen LogP contribution is -2.40. The largest absolute Gasteiger partial charge is 0.497 e. The van der Waals surface area contributed by atoms with Crippen LogP contribution in [0.5, 0.6) is 11.5 Å². The first kappa shape index (κ1) is 31.9. The Morgan fingerprint density at radius 3 is 2.15 bits per heavy atom. The van der Waals surface area contributed by atoms with Gasteiger partial charge in [0.05, 0.1) is 33.3 Å². The molecule has 6 rings (SSSR count). The van der Waals surface area contributed by atoms with Crippen LogP contribution in [0.3, 0.4) is 0 Å². The van der Waals surface area contributed by atoms with Crippen molar-refractivity contribution >= 4 is 23.0 Å². The first-order valence-electron chi connectivity index (χ1n) is 15.3. The van der Waals surface area contributed by atoms with Gasteiger partial charge < -0.3 is 24.1 Å². The molecule has 3 atom stereocenters. The molecule has 3 heterocycles. The Morgan fingerprint density at radius 1 is 1.00 bits per heavy atom. The fraction of sp³-hybridized carbons (Fsp3) is 0.314. The number of imidazole rings is 1. The SMILES string of the molecule is COc1ccc(C(OC2CC(n3cnc4c(=O)[nH]c(NC(=O)C(C)C)nc43)OC2CO)(c2ccccc2)c2ccc(OC)cc2)cc1. The third-order valence-corrected chi connectivity index (χ3v) is 8.37. The number of amides is 1. The summed E-state index contributed by atoms with van der Waals surface area (Å²) in [6.07, 6.45) is -0.294. The topological polar surface area (TPSA) is 150 Å². The van der Waals surface area contributed by atoms with Gasteiger partial charge in [0.1, 0.15) is 29.4 Å². The van der Waals surface area contributed by atoms with Gasteiger partial charge in [0.2, 0.25) is 11.9 Å². The van der Waals surface area contributed by atoms with Crippen LogP contribution in [0.15, 0.2) is 90.0 Å². The van der Waals surface area contributed by atoms with Crippen molar-refractivity contribution in [3.63, 3.8) is 0 Å². The average Bonchev–Trinajstić information content (AvgIpc) is 3.71. The van der Waals surface area contributed by atoms with Gasteiger partial charge in [-0.2, -0.15) is 4.98 Å². The van der Waals surface area contributed by atoms with E-state index in [1.165, 1.54) is 6.33 Å². The Balaban J connectivity index is 1.43. The summed E-state index contributed by atoms with van der Waals surface area (Å²) in [4.78, 5) is 36.6. The van der Waals surface area contributed by atoms with Gasteiger partial charge in [-0.1, -0.05) is 68.4 Å². The zero-order chi connectivity index (χ0) is 33.1. The number of methoxy groups -OCH3 is 2. The second kappa shape index (κ2) is 13.4. The summed E-state index contributed by atoms with van der Waals surface area (Å²) in [5, 5.41) is 13.2. The molecule has 0 radical (unpaired) electrons. The fourth-order valence-electron chi connectivity index (χ4n) is 5.87. The van der Waals surface area contributed by atoms with Gasteiger partial charge >= 0.3 is 0 Å². The number of carbonyl (C=O) groups is 1. The minimum atomic E-state index is -1.14. The molecule has 12 heteroatoms. The summed E-state index contributed by atoms with van der Waals surface area (Å²) in [6, 6.07) is 25.2. The zero-order valence-electron chi connectivity index (χ0n) is 26.5. The van der Waals surface area contributed by atoms with E-state index in [9.17, 15) is 14.7 Å². The molecule has 0 aliphatic carbocycles. The fourth-order valence-corrected chi connectivity index (χ4v) is 5.87. The molecule has 47 heavy (non-hydrogen) atoms. The number of aromatic nitrogens is 4. The first-order valence-corrected chi connectivity index (χ1v) is 15.3. The van der Waals surface area contributed by atoms with Crippen LogP contribution in [0, 0.1) is 5.92 Å². The van der Waals surface area contributed by atoms with Gasteiger partial charge in [-0.25, -0.2) is 4.98 Å². The highest BCUT2D eigenvalue weighted by Crippen LogP contribution is 2.45. The molecule has 5 aromatic rings. The van der Waals surface area contributed by atoms with Crippen molar-refractivity contribution in [2.45, 2.75) is 44.3 Å². The van der Waals surface area contributed by atoms with Crippen LogP contribution in [-0.2, 0) is 19.9 Å². The molecule has 12 nitrogen and oxygen atoms in total. The third-order valence-electron chi connectivity index (χ3n) is 8.37. The molecule has 1 fully saturated rings. The van der Waals surface area contributed by atoms with Crippen molar-refractivity contribution in [3.8, 4) is 11.5 Å². The van der Waals surface area contributed by atoms with Gasteiger partial charge in [0.25, 0.3) is 5.56 Å². The minimum absolute atomic E-state index is 0.00885. The summed E-state index contributed by atoms with van der Waals surface area (Å²) in [6.45, 7) is 3.16. The number of aliphatic hydroxyl groups is 1. The Kier molecular flexibility index (Phi) is 9.08. The number of hydrogen-bond donors (Lipinski definition) is 3. The van der Waals surface area contributed by atoms with Gasteiger partial charge in [-0.15, -0.1) is 0 Å². The number of nitrogens with zero attached hydrogens (tertiary/aromatic N) is 3. The lowest BCUT2D eigenvalue weighted by atomic mass is 9.79. The Hall–Kier alpha value is -5.04. The highest BCUT2D eigenvalue weighted by atomic mass is 16.6. The van der Waals surface area contributed by atoms with Crippen LogP contribution < -0.4 is 20.3 Å². The number of benzene rings is 3. The maximum Gasteiger partial charge on any atom is 0.280 e. The number of ether oxygens (including phenoxy) is 4. The van der Waals surface area contributed by atoms with Crippen LogP contribution in [0.2, 0.25) is 0 Å². The molecule has 1 saturated heterocycles. The van der Waals surface area contributed by atoms with Crippen molar-refractivity contribution in [1.29, 1.82) is 0 Å². The quantitative estimate of drug-likeness (QED) is 0.179. The van der Waals surface area contributed by atoms with E-state index in [0.29, 0.717) is 17.9 Å². The smallest absolute Gasteiger partial charge is 0.280 e. The van der Waals surface area contributed by atoms with Crippen molar-refractivity contribution in [1.82, 2.24) is 19.5 Å². The molecule has 1 amide bonds. The van der Waals surface area contributed by atoms with Crippen molar-refractivity contribution in [2.75, 3.05) is 26.1 Å². The number of nitrogens with one attached hydrogen (secondary N) is 2. The first-order chi connectivity index (χ1) is 22.8. The van der Waals surface area contributed by atoms with Crippen LogP contribution in [0.1, 0.15) is 43.2 Å². The lowest BCUT2D eigenvalue weighted by Gasteiger charge is -2.39. The van der Waals surface area contributed by atoms with Gasteiger partial charge in [0, 0.05) is 12.3 Å². The number of H-pyrrole nitrogens is 1. The molecule has 244 valence electrons. The molecule has 3 unspecified atom stereocenters. The van der Waals surface area contributed by atoms with Gasteiger partial charge in [-0.3, -0.25) is 24.5 Å². The molecule has 0 bridgehead atoms. The predicted octanol–water partition coefficient (Wildman–Crippen LogP) is 4.39. The van der Waals surface area contributed by atoms with Gasteiger partial charge in [0.15, 0.2) is 11.2 Å². The third kappa shape index (κ3) is 6.10. The number of aromatic amines is 1. The van der Waals surface area contributed by atoms with E-state index < -0.39 is 29.6 Å². The number of hydrogen-bond acceptors (Lipinski definition) is 9. The average molecular weight is 640 g/mol. The summed E-state index contributed by atoms with van der Waals surface area (Å²) < 4.78 is 26.1. The maximum atomic E-state index is 12.9. The molecule has 1 aliphatic heterocycles. The number of carbonyl (C=O) groups excluding carboxylic acids is 1. The Bertz CT molecular complexity index is 1840. The highest BCUT2D eigenvalue weighted by Gasteiger charge is 2.46. The molecular formula is C35H37N5O7. The van der Waals surface area contributed by atoms with Crippen molar-refractivity contribution < 1.29 is 28.8 Å². The van der Waals surface area contributed by atoms with E-state index >= 15 is 0 Å². The molecule has 3 aromatic carbocycles. The van der Waals surface area contributed by atoms with Crippen LogP contribution in [-0.4, -0.2) is 63.6 Å². The Labute approximate surface area is 271 Å². The summed E-state index contributed by atoms with van der Waals surface area (Å²) >= 11 is 0. The number of anilines is 1. The normalized spacial score (nSPS) is 18.0. The molecule has 0 saturated carbocycles. The van der Waals surface area contributed by atoms with Crippen LogP contribution in [0.25, 0.3) is 11.2 Å². The standard InChI is InChI=1S/C35H37N5O7/c1-21(2)32(42)38-34-37-31-30(33(43)39-34)36-20-40(31)29-18-27(28(19-41)46-29)47-35(22-8-6-5-7-9-22,23-10-14-25(44-3)15-11-23)24-12-16-26(45-4)17-13-24/h5-17,20-21,27-29,41H,18-19H2,1-4H3,(H2,37,38,39,42,43). The monoisotopic (exact) mass is 639 g/mol. The minimum Gasteiger partial charge on any atom is -0.497 e. The van der Waals surface area contributed by atoms with Crippen molar-refractivity contribution in [3.05, 3.63) is 112 Å². The molecule has 1 aliphatic rings. The number of rotatable bonds is 11. The number of fused-ring (bicyclic) bond motifs is 1. The second-order valence-electron chi connectivity index (χ2n) is 11.6. The maximum absolute atomic E-state index is 12.9. The van der Waals surface area contributed by atoms with E-state index in [2.05, 4.69) is 20.3 Å². The van der Waals surface area contributed by atoms with Crippen LogP contribution >= 0.6 is 0 Å². The Morgan fingerprint density at radius 2 is 1.60 bits per heavy atom. The zero-order valence-corrected chi connectivity index (χ0v) is 26.5. The van der Waals surface area contributed by atoms with E-state index in [1.807, 2.05) is 78.9 Å². The van der Waals surface area contributed by atoms with E-state index in [1.54, 1.807) is 32.6 Å². The lowest BCUT2D eigenvalue weighted by molar-refractivity contribution is -0.118.